The van der Waals surface area contributed by atoms with E-state index in [9.17, 15) is 4.79 Å². The van der Waals surface area contributed by atoms with Crippen molar-refractivity contribution in [2.24, 2.45) is 0 Å². The van der Waals surface area contributed by atoms with Crippen molar-refractivity contribution in [2.45, 2.75) is 0 Å². The zero-order chi connectivity index (χ0) is 11.7. The average molecular weight is 223 g/mol. The Balaban J connectivity index is 2.16. The van der Waals surface area contributed by atoms with Crippen molar-refractivity contribution in [3.63, 3.8) is 0 Å². The number of hydrogen-bond acceptors (Lipinski definition) is 3. The van der Waals surface area contributed by atoms with Crippen LogP contribution in [-0.2, 0) is 0 Å². The first-order valence-corrected chi connectivity index (χ1v) is 5.23. The fraction of sp³-hybridized carbons (Fsp3) is 0. The van der Waals surface area contributed by atoms with Gasteiger partial charge in [0.15, 0.2) is 11.9 Å². The molecule has 3 rings (SSSR count). The number of aldehydes is 1. The minimum absolute atomic E-state index is 0.391. The molecule has 0 fully saturated rings. The van der Waals surface area contributed by atoms with Crippen LogP contribution in [0.25, 0.3) is 16.8 Å². The van der Waals surface area contributed by atoms with Gasteiger partial charge >= 0.3 is 0 Å². The minimum atomic E-state index is 0.391. The highest BCUT2D eigenvalue weighted by atomic mass is 16.1. The maximum Gasteiger partial charge on any atom is 0.170 e. The zero-order valence-electron chi connectivity index (χ0n) is 8.95. The van der Waals surface area contributed by atoms with E-state index < -0.39 is 0 Å². The van der Waals surface area contributed by atoms with Crippen LogP contribution >= 0.6 is 0 Å². The van der Waals surface area contributed by atoms with E-state index >= 15 is 0 Å². The minimum Gasteiger partial charge on any atom is -0.296 e. The molecule has 2 aromatic heterocycles. The fourth-order valence-corrected chi connectivity index (χ4v) is 1.73. The topological polar surface area (TPSA) is 47.3 Å². The van der Waals surface area contributed by atoms with Crippen molar-refractivity contribution >= 4 is 11.9 Å². The van der Waals surface area contributed by atoms with Crippen molar-refractivity contribution in [3.8, 4) is 11.1 Å². The molecule has 0 radical (unpaired) electrons. The van der Waals surface area contributed by atoms with E-state index in [1.807, 2.05) is 36.5 Å². The Morgan fingerprint density at radius 2 is 1.94 bits per heavy atom. The first-order chi connectivity index (χ1) is 8.36. The third kappa shape index (κ3) is 1.69. The summed E-state index contributed by atoms with van der Waals surface area (Å²) in [6, 6.07) is 11.6. The molecule has 0 aliphatic rings. The van der Waals surface area contributed by atoms with Gasteiger partial charge in [0.05, 0.1) is 0 Å². The number of hydrogen-bond donors (Lipinski definition) is 0. The highest BCUT2D eigenvalue weighted by molar-refractivity contribution is 5.74. The summed E-state index contributed by atoms with van der Waals surface area (Å²) in [5.41, 5.74) is 3.11. The Kier molecular flexibility index (Phi) is 2.19. The molecule has 0 bridgehead atoms. The molecular formula is C13H9N3O. The van der Waals surface area contributed by atoms with E-state index in [0.717, 1.165) is 17.4 Å². The maximum atomic E-state index is 10.6. The molecule has 4 nitrogen and oxygen atoms in total. The molecule has 4 heteroatoms. The summed E-state index contributed by atoms with van der Waals surface area (Å²) < 4.78 is 1.62. The molecule has 0 atom stereocenters. The van der Waals surface area contributed by atoms with Crippen LogP contribution in [-0.4, -0.2) is 20.9 Å². The molecule has 2 heterocycles. The first-order valence-electron chi connectivity index (χ1n) is 5.23. The highest BCUT2D eigenvalue weighted by Crippen LogP contribution is 2.17. The second-order valence-corrected chi connectivity index (χ2v) is 3.70. The molecule has 17 heavy (non-hydrogen) atoms. The Morgan fingerprint density at radius 3 is 2.71 bits per heavy atom. The molecule has 82 valence electrons. The lowest BCUT2D eigenvalue weighted by molar-refractivity contribution is 0.111. The second kappa shape index (κ2) is 3.83. The lowest BCUT2D eigenvalue weighted by Gasteiger charge is -2.00. The normalized spacial score (nSPS) is 10.6. The Bertz CT molecular complexity index is 673. The lowest BCUT2D eigenvalue weighted by atomic mass is 10.1. The number of rotatable bonds is 2. The number of benzene rings is 1. The quantitative estimate of drug-likeness (QED) is 0.626. The van der Waals surface area contributed by atoms with E-state index in [2.05, 4.69) is 10.1 Å². The number of carbonyl (C=O) groups is 1. The van der Waals surface area contributed by atoms with Crippen LogP contribution < -0.4 is 0 Å². The van der Waals surface area contributed by atoms with Crippen LogP contribution in [0.15, 0.2) is 48.8 Å². The van der Waals surface area contributed by atoms with E-state index in [1.165, 1.54) is 0 Å². The predicted octanol–water partition coefficient (Wildman–Crippen LogP) is 2.21. The largest absolute Gasteiger partial charge is 0.296 e. The third-order valence-corrected chi connectivity index (χ3v) is 2.56. The van der Waals surface area contributed by atoms with Crippen molar-refractivity contribution in [3.05, 3.63) is 54.5 Å². The van der Waals surface area contributed by atoms with Crippen LogP contribution in [0.5, 0.6) is 0 Å². The van der Waals surface area contributed by atoms with Crippen LogP contribution in [0, 0.1) is 0 Å². The SMILES string of the molecule is O=Cc1cc2ncc(-c3ccccc3)cn2n1. The van der Waals surface area contributed by atoms with Crippen molar-refractivity contribution in [1.82, 2.24) is 14.6 Å². The monoisotopic (exact) mass is 223 g/mol. The van der Waals surface area contributed by atoms with E-state index in [4.69, 9.17) is 0 Å². The van der Waals surface area contributed by atoms with E-state index in [-0.39, 0.29) is 0 Å². The lowest BCUT2D eigenvalue weighted by Crippen LogP contribution is -1.91. The van der Waals surface area contributed by atoms with Gasteiger partial charge in [0.1, 0.15) is 5.69 Å². The van der Waals surface area contributed by atoms with Crippen LogP contribution in [0.1, 0.15) is 10.5 Å². The Hall–Kier alpha value is -2.49. The predicted molar refractivity (Wildman–Crippen MR) is 63.8 cm³/mol. The summed E-state index contributed by atoms with van der Waals surface area (Å²) >= 11 is 0. The van der Waals surface area contributed by atoms with Crippen LogP contribution in [0.3, 0.4) is 0 Å². The maximum absolute atomic E-state index is 10.6. The smallest absolute Gasteiger partial charge is 0.170 e. The average Bonchev–Trinajstić information content (AvgIpc) is 2.81. The molecule has 0 spiro atoms. The van der Waals surface area contributed by atoms with Gasteiger partial charge in [-0.15, -0.1) is 0 Å². The standard InChI is InChI=1S/C13H9N3O/c17-9-12-6-13-14-7-11(8-16(13)15-12)10-4-2-1-3-5-10/h1-9H. The van der Waals surface area contributed by atoms with E-state index in [1.54, 1.807) is 16.8 Å². The third-order valence-electron chi connectivity index (χ3n) is 2.56. The van der Waals surface area contributed by atoms with Crippen molar-refractivity contribution in [1.29, 1.82) is 0 Å². The van der Waals surface area contributed by atoms with Gasteiger partial charge in [-0.05, 0) is 5.56 Å². The molecular weight excluding hydrogens is 214 g/mol. The number of fused-ring (bicyclic) bond motifs is 1. The Labute approximate surface area is 97.5 Å². The number of carbonyl (C=O) groups excluding carboxylic acids is 1. The highest BCUT2D eigenvalue weighted by Gasteiger charge is 2.03. The molecule has 3 aromatic rings. The van der Waals surface area contributed by atoms with E-state index in [0.29, 0.717) is 11.3 Å². The number of nitrogens with zero attached hydrogens (tertiary/aromatic N) is 3. The molecule has 0 aliphatic carbocycles. The zero-order valence-corrected chi connectivity index (χ0v) is 8.95. The van der Waals surface area contributed by atoms with Gasteiger partial charge in [-0.1, -0.05) is 30.3 Å². The van der Waals surface area contributed by atoms with Crippen molar-refractivity contribution < 1.29 is 4.79 Å². The summed E-state index contributed by atoms with van der Waals surface area (Å²) in [6.45, 7) is 0. The van der Waals surface area contributed by atoms with Crippen molar-refractivity contribution in [2.75, 3.05) is 0 Å². The summed E-state index contributed by atoms with van der Waals surface area (Å²) in [5.74, 6) is 0. The van der Waals surface area contributed by atoms with Crippen LogP contribution in [0.2, 0.25) is 0 Å². The number of aromatic nitrogens is 3. The summed E-state index contributed by atoms with van der Waals surface area (Å²) in [7, 11) is 0. The summed E-state index contributed by atoms with van der Waals surface area (Å²) in [4.78, 5) is 14.9. The fourth-order valence-electron chi connectivity index (χ4n) is 1.73. The Morgan fingerprint density at radius 1 is 1.12 bits per heavy atom. The van der Waals surface area contributed by atoms with Gasteiger partial charge < -0.3 is 0 Å². The molecule has 0 saturated carbocycles. The molecule has 1 aromatic carbocycles. The second-order valence-electron chi connectivity index (χ2n) is 3.70. The first kappa shape index (κ1) is 9.72. The molecule has 0 saturated heterocycles. The molecule has 0 aliphatic heterocycles. The van der Waals surface area contributed by atoms with Gasteiger partial charge in [-0.2, -0.15) is 5.10 Å². The molecule has 0 N–H and O–H groups in total. The van der Waals surface area contributed by atoms with Gasteiger partial charge in [0, 0.05) is 24.0 Å². The molecule has 0 unspecified atom stereocenters. The van der Waals surface area contributed by atoms with Gasteiger partial charge in [0.2, 0.25) is 0 Å². The summed E-state index contributed by atoms with van der Waals surface area (Å²) in [5, 5.41) is 4.10. The van der Waals surface area contributed by atoms with Crippen LogP contribution in [0.4, 0.5) is 0 Å². The van der Waals surface area contributed by atoms with Gasteiger partial charge in [0.25, 0.3) is 0 Å². The van der Waals surface area contributed by atoms with Gasteiger partial charge in [-0.3, -0.25) is 4.79 Å². The molecule has 0 amide bonds. The summed E-state index contributed by atoms with van der Waals surface area (Å²) in [6.07, 6.45) is 4.36. The van der Waals surface area contributed by atoms with Gasteiger partial charge in [-0.25, -0.2) is 9.50 Å².